The maximum Gasteiger partial charge on any atom is 0.230 e. The molecule has 3 heterocycles. The molecule has 0 saturated carbocycles. The summed E-state index contributed by atoms with van der Waals surface area (Å²) < 4.78 is 0. The van der Waals surface area contributed by atoms with E-state index < -0.39 is 0 Å². The summed E-state index contributed by atoms with van der Waals surface area (Å²) in [6, 6.07) is 1.85. The van der Waals surface area contributed by atoms with Crippen molar-refractivity contribution in [2.75, 3.05) is 18.0 Å². The lowest BCUT2D eigenvalue weighted by Crippen LogP contribution is -2.31. The number of hydrogen-bond donors (Lipinski definition) is 0. The average Bonchev–Trinajstić information content (AvgIpc) is 2.47. The molecule has 6 nitrogen and oxygen atoms in total. The molecular weight excluding hydrogens is 308 g/mol. The number of nitrogens with zero attached hydrogens (tertiary/aromatic N) is 6. The maximum absolute atomic E-state index is 6.02. The predicted octanol–water partition coefficient (Wildman–Crippen LogP) is 2.76. The van der Waals surface area contributed by atoms with Gasteiger partial charge in [-0.15, -0.1) is 0 Å². The maximum atomic E-state index is 6.02. The highest BCUT2D eigenvalue weighted by molar-refractivity contribution is 7.99. The van der Waals surface area contributed by atoms with Crippen LogP contribution in [0.3, 0.4) is 0 Å². The smallest absolute Gasteiger partial charge is 0.230 e. The average molecular weight is 323 g/mol. The van der Waals surface area contributed by atoms with Gasteiger partial charge in [-0.2, -0.15) is 15.0 Å². The van der Waals surface area contributed by atoms with Crippen molar-refractivity contribution in [1.82, 2.24) is 24.9 Å². The van der Waals surface area contributed by atoms with Crippen molar-refractivity contribution < 1.29 is 0 Å². The Morgan fingerprint density at radius 1 is 1.05 bits per heavy atom. The van der Waals surface area contributed by atoms with Gasteiger partial charge in [-0.05, 0) is 55.6 Å². The molecule has 2 aromatic heterocycles. The third-order valence-corrected chi connectivity index (χ3v) is 4.08. The first-order chi connectivity index (χ1) is 10.2. The van der Waals surface area contributed by atoms with E-state index in [1.807, 2.05) is 13.0 Å². The zero-order valence-electron chi connectivity index (χ0n) is 11.7. The number of piperidine rings is 1. The van der Waals surface area contributed by atoms with E-state index in [0.717, 1.165) is 31.6 Å². The Labute approximate surface area is 132 Å². The molecule has 0 aromatic carbocycles. The van der Waals surface area contributed by atoms with Crippen LogP contribution in [0.4, 0.5) is 5.95 Å². The lowest BCUT2D eigenvalue weighted by molar-refractivity contribution is 0.564. The first kappa shape index (κ1) is 14.5. The molecular formula is C13H15ClN6S. The van der Waals surface area contributed by atoms with Gasteiger partial charge in [-0.25, -0.2) is 9.97 Å². The molecule has 0 spiro atoms. The van der Waals surface area contributed by atoms with Crippen molar-refractivity contribution in [3.63, 3.8) is 0 Å². The predicted molar refractivity (Wildman–Crippen MR) is 81.8 cm³/mol. The van der Waals surface area contributed by atoms with Crippen molar-refractivity contribution in [2.45, 2.75) is 36.5 Å². The monoisotopic (exact) mass is 322 g/mol. The van der Waals surface area contributed by atoms with Gasteiger partial charge >= 0.3 is 0 Å². The van der Waals surface area contributed by atoms with Crippen LogP contribution in [0, 0.1) is 6.92 Å². The van der Waals surface area contributed by atoms with E-state index in [1.54, 1.807) is 6.20 Å². The summed E-state index contributed by atoms with van der Waals surface area (Å²) in [5, 5.41) is 1.35. The van der Waals surface area contributed by atoms with Crippen LogP contribution in [0.1, 0.15) is 25.0 Å². The minimum absolute atomic E-state index is 0.209. The van der Waals surface area contributed by atoms with E-state index in [2.05, 4.69) is 29.8 Å². The third kappa shape index (κ3) is 3.79. The Balaban J connectivity index is 1.83. The van der Waals surface area contributed by atoms with Gasteiger partial charge in [0.25, 0.3) is 0 Å². The summed E-state index contributed by atoms with van der Waals surface area (Å²) in [5.74, 6) is 0.643. The van der Waals surface area contributed by atoms with Crippen molar-refractivity contribution in [3.05, 3.63) is 23.2 Å². The van der Waals surface area contributed by atoms with Crippen molar-refractivity contribution >= 4 is 29.3 Å². The molecule has 21 heavy (non-hydrogen) atoms. The van der Waals surface area contributed by atoms with Crippen LogP contribution in [0.15, 0.2) is 22.6 Å². The number of hydrogen-bond acceptors (Lipinski definition) is 7. The third-order valence-electron chi connectivity index (χ3n) is 3.17. The number of anilines is 1. The molecule has 0 aliphatic carbocycles. The number of aryl methyl sites for hydroxylation is 1. The Kier molecular flexibility index (Phi) is 4.50. The summed E-state index contributed by atoms with van der Waals surface area (Å²) in [7, 11) is 0. The second-order valence-corrected chi connectivity index (χ2v) is 6.09. The first-order valence-corrected chi connectivity index (χ1v) is 8.04. The van der Waals surface area contributed by atoms with Crippen molar-refractivity contribution in [3.8, 4) is 0 Å². The van der Waals surface area contributed by atoms with E-state index in [1.165, 1.54) is 18.2 Å². The van der Waals surface area contributed by atoms with Crippen LogP contribution in [0.25, 0.3) is 0 Å². The summed E-state index contributed by atoms with van der Waals surface area (Å²) in [5.41, 5.74) is 0.906. The van der Waals surface area contributed by atoms with Gasteiger partial charge in [0.2, 0.25) is 16.4 Å². The first-order valence-electron chi connectivity index (χ1n) is 6.85. The second-order valence-electron chi connectivity index (χ2n) is 4.82. The summed E-state index contributed by atoms with van der Waals surface area (Å²) >= 11 is 7.32. The van der Waals surface area contributed by atoms with E-state index in [0.29, 0.717) is 16.3 Å². The molecule has 110 valence electrons. The summed E-state index contributed by atoms with van der Waals surface area (Å²) in [6.07, 6.45) is 5.30. The minimum atomic E-state index is 0.209. The Bertz CT molecular complexity index is 632. The van der Waals surface area contributed by atoms with Crippen molar-refractivity contribution in [2.24, 2.45) is 0 Å². The molecule has 0 radical (unpaired) electrons. The van der Waals surface area contributed by atoms with Gasteiger partial charge in [-0.3, -0.25) is 0 Å². The fraction of sp³-hybridized carbons (Fsp3) is 0.462. The number of halogens is 1. The molecule has 1 aliphatic heterocycles. The highest BCUT2D eigenvalue weighted by Gasteiger charge is 2.16. The fourth-order valence-electron chi connectivity index (χ4n) is 2.16. The molecule has 0 atom stereocenters. The lowest BCUT2D eigenvalue weighted by Gasteiger charge is -2.26. The summed E-state index contributed by atoms with van der Waals surface area (Å²) in [4.78, 5) is 23.6. The van der Waals surface area contributed by atoms with Crippen molar-refractivity contribution in [1.29, 1.82) is 0 Å². The van der Waals surface area contributed by atoms with Crippen LogP contribution in [-0.4, -0.2) is 38.0 Å². The van der Waals surface area contributed by atoms with Crippen LogP contribution < -0.4 is 4.90 Å². The molecule has 0 amide bonds. The van der Waals surface area contributed by atoms with Gasteiger partial charge in [-0.1, -0.05) is 0 Å². The van der Waals surface area contributed by atoms with Gasteiger partial charge in [0.1, 0.15) is 0 Å². The second kappa shape index (κ2) is 6.53. The molecule has 0 bridgehead atoms. The van der Waals surface area contributed by atoms with Gasteiger partial charge in [0.05, 0.1) is 0 Å². The Hall–Kier alpha value is -1.47. The highest BCUT2D eigenvalue weighted by Crippen LogP contribution is 2.24. The standard InChI is InChI=1S/C13H15ClN6S/c1-9-5-6-15-12(16-9)21-13-18-10(14)17-11(19-13)20-7-3-2-4-8-20/h5-6H,2-4,7-8H2,1H3. The van der Waals surface area contributed by atoms with Gasteiger partial charge in [0.15, 0.2) is 5.16 Å². The van der Waals surface area contributed by atoms with E-state index >= 15 is 0 Å². The van der Waals surface area contributed by atoms with E-state index in [4.69, 9.17) is 11.6 Å². The molecule has 0 N–H and O–H groups in total. The zero-order valence-corrected chi connectivity index (χ0v) is 13.2. The van der Waals surface area contributed by atoms with Crippen LogP contribution in [-0.2, 0) is 0 Å². The molecule has 1 fully saturated rings. The number of rotatable bonds is 3. The highest BCUT2D eigenvalue weighted by atomic mass is 35.5. The molecule has 1 saturated heterocycles. The van der Waals surface area contributed by atoms with Gasteiger partial charge < -0.3 is 4.90 Å². The topological polar surface area (TPSA) is 67.7 Å². The fourth-order valence-corrected chi connectivity index (χ4v) is 3.09. The normalized spacial score (nSPS) is 15.2. The van der Waals surface area contributed by atoms with Crippen LogP contribution >= 0.6 is 23.4 Å². The largest absolute Gasteiger partial charge is 0.341 e. The molecule has 1 aliphatic rings. The van der Waals surface area contributed by atoms with E-state index in [-0.39, 0.29) is 5.28 Å². The minimum Gasteiger partial charge on any atom is -0.341 e. The van der Waals surface area contributed by atoms with Crippen LogP contribution in [0.5, 0.6) is 0 Å². The molecule has 3 rings (SSSR count). The molecule has 0 unspecified atom stereocenters. The molecule has 8 heteroatoms. The van der Waals surface area contributed by atoms with Crippen LogP contribution in [0.2, 0.25) is 5.28 Å². The molecule has 2 aromatic rings. The zero-order chi connectivity index (χ0) is 14.7. The summed E-state index contributed by atoms with van der Waals surface area (Å²) in [6.45, 7) is 3.85. The lowest BCUT2D eigenvalue weighted by atomic mass is 10.1. The Morgan fingerprint density at radius 3 is 2.62 bits per heavy atom. The van der Waals surface area contributed by atoms with Gasteiger partial charge in [0, 0.05) is 25.0 Å². The SMILES string of the molecule is Cc1ccnc(Sc2nc(Cl)nc(N3CCCCC3)n2)n1. The number of aromatic nitrogens is 5. The Morgan fingerprint density at radius 2 is 1.86 bits per heavy atom. The quantitative estimate of drug-likeness (QED) is 0.805. The van der Waals surface area contributed by atoms with E-state index in [9.17, 15) is 0 Å².